The summed E-state index contributed by atoms with van der Waals surface area (Å²) in [7, 11) is 0. The van der Waals surface area contributed by atoms with E-state index in [1.165, 1.54) is 0 Å². The minimum atomic E-state index is -0.140. The number of likely N-dealkylation sites (tertiary alicyclic amines) is 1. The Labute approximate surface area is 175 Å². The predicted octanol–water partition coefficient (Wildman–Crippen LogP) is 1.96. The van der Waals surface area contributed by atoms with Crippen LogP contribution in [0.4, 0.5) is 0 Å². The number of carbonyl (C=O) groups is 2. The van der Waals surface area contributed by atoms with E-state index in [0.717, 1.165) is 31.4 Å². The number of hydrogen-bond acceptors (Lipinski definition) is 4. The van der Waals surface area contributed by atoms with E-state index >= 15 is 0 Å². The van der Waals surface area contributed by atoms with Gasteiger partial charge in [0.05, 0.1) is 11.6 Å². The Morgan fingerprint density at radius 2 is 2.00 bits per heavy atom. The van der Waals surface area contributed by atoms with E-state index in [0.29, 0.717) is 25.2 Å². The number of rotatable bonds is 4. The van der Waals surface area contributed by atoms with Gasteiger partial charge in [-0.2, -0.15) is 0 Å². The van der Waals surface area contributed by atoms with Gasteiger partial charge < -0.3 is 14.8 Å². The minimum absolute atomic E-state index is 0.0261. The van der Waals surface area contributed by atoms with Crippen LogP contribution in [0.2, 0.25) is 0 Å². The van der Waals surface area contributed by atoms with Crippen LogP contribution in [0.3, 0.4) is 0 Å². The third kappa shape index (κ3) is 3.32. The van der Waals surface area contributed by atoms with E-state index in [-0.39, 0.29) is 41.2 Å². The van der Waals surface area contributed by atoms with E-state index in [1.54, 1.807) is 36.7 Å². The molecule has 2 aliphatic heterocycles. The highest BCUT2D eigenvalue weighted by Crippen LogP contribution is 2.41. The molecule has 2 fully saturated rings. The molecule has 7 heteroatoms. The van der Waals surface area contributed by atoms with Crippen molar-refractivity contribution < 1.29 is 9.59 Å². The molecular weight excluding hydrogens is 380 g/mol. The summed E-state index contributed by atoms with van der Waals surface area (Å²) in [5.74, 6) is 0.425. The molecule has 4 heterocycles. The van der Waals surface area contributed by atoms with Crippen molar-refractivity contribution in [2.24, 2.45) is 11.8 Å². The number of carbonyl (C=O) groups excluding carboxylic acids is 2. The lowest BCUT2D eigenvalue weighted by Gasteiger charge is -2.47. The molecule has 1 saturated heterocycles. The van der Waals surface area contributed by atoms with Gasteiger partial charge in [-0.25, -0.2) is 0 Å². The van der Waals surface area contributed by atoms with Crippen LogP contribution < -0.4 is 10.9 Å². The van der Waals surface area contributed by atoms with Crippen molar-refractivity contribution in [1.82, 2.24) is 19.8 Å². The highest BCUT2D eigenvalue weighted by atomic mass is 16.2. The fraction of sp³-hybridized carbons (Fsp3) is 0.478. The van der Waals surface area contributed by atoms with Crippen LogP contribution in [-0.4, -0.2) is 45.9 Å². The van der Waals surface area contributed by atoms with Crippen molar-refractivity contribution in [3.05, 3.63) is 64.3 Å². The Bertz CT molecular complexity index is 1010. The van der Waals surface area contributed by atoms with Crippen molar-refractivity contribution in [2.45, 2.75) is 37.6 Å². The molecule has 2 aromatic rings. The molecule has 7 nitrogen and oxygen atoms in total. The van der Waals surface area contributed by atoms with Crippen LogP contribution in [0.25, 0.3) is 0 Å². The lowest BCUT2D eigenvalue weighted by molar-refractivity contribution is -0.127. The molecule has 2 amide bonds. The second kappa shape index (κ2) is 7.70. The second-order valence-electron chi connectivity index (χ2n) is 8.74. The van der Waals surface area contributed by atoms with Crippen LogP contribution in [0.5, 0.6) is 0 Å². The van der Waals surface area contributed by atoms with Gasteiger partial charge >= 0.3 is 0 Å². The van der Waals surface area contributed by atoms with Crippen LogP contribution >= 0.6 is 0 Å². The normalized spacial score (nSPS) is 25.2. The standard InChI is InChI=1S/C23H26N4O3/c28-21-8-2-7-19-17-10-18(14-26(13-17)23(30)16-6-3-9-24-11-16)20(27(19)21)12-25-22(29)15-4-1-5-15/h2-3,6-9,11,15,17-18,20H,1,4-5,10,12-14H2,(H,25,29)/t17-,18+,20+/m1/s1. The molecule has 156 valence electrons. The third-order valence-electron chi connectivity index (χ3n) is 6.96. The molecular formula is C23H26N4O3. The Morgan fingerprint density at radius 1 is 1.13 bits per heavy atom. The fourth-order valence-electron chi connectivity index (χ4n) is 5.16. The highest BCUT2D eigenvalue weighted by molar-refractivity contribution is 5.94. The summed E-state index contributed by atoms with van der Waals surface area (Å²) in [6.07, 6.45) is 7.19. The average molecular weight is 406 g/mol. The van der Waals surface area contributed by atoms with E-state index in [4.69, 9.17) is 0 Å². The number of piperidine rings is 1. The van der Waals surface area contributed by atoms with E-state index in [9.17, 15) is 14.4 Å². The molecule has 1 saturated carbocycles. The molecule has 30 heavy (non-hydrogen) atoms. The molecule has 1 N–H and O–H groups in total. The largest absolute Gasteiger partial charge is 0.354 e. The van der Waals surface area contributed by atoms with Gasteiger partial charge in [-0.1, -0.05) is 12.5 Å². The molecule has 3 aliphatic rings. The lowest BCUT2D eigenvalue weighted by Crippen LogP contribution is -2.53. The zero-order valence-electron chi connectivity index (χ0n) is 16.9. The fourth-order valence-corrected chi connectivity index (χ4v) is 5.16. The Morgan fingerprint density at radius 3 is 2.73 bits per heavy atom. The lowest BCUT2D eigenvalue weighted by atomic mass is 9.78. The van der Waals surface area contributed by atoms with Crippen molar-refractivity contribution in [2.75, 3.05) is 19.6 Å². The van der Waals surface area contributed by atoms with Gasteiger partial charge in [-0.3, -0.25) is 19.4 Å². The van der Waals surface area contributed by atoms with Crippen LogP contribution in [0.1, 0.15) is 53.7 Å². The van der Waals surface area contributed by atoms with Crippen molar-refractivity contribution in [3.63, 3.8) is 0 Å². The summed E-state index contributed by atoms with van der Waals surface area (Å²) >= 11 is 0. The average Bonchev–Trinajstić information content (AvgIpc) is 2.73. The first-order valence-corrected chi connectivity index (χ1v) is 10.8. The van der Waals surface area contributed by atoms with Gasteiger partial charge in [-0.05, 0) is 43.4 Å². The second-order valence-corrected chi connectivity index (χ2v) is 8.74. The van der Waals surface area contributed by atoms with Gasteiger partial charge in [-0.15, -0.1) is 0 Å². The van der Waals surface area contributed by atoms with Gasteiger partial charge in [0.1, 0.15) is 0 Å². The molecule has 5 rings (SSSR count). The molecule has 0 radical (unpaired) electrons. The first-order valence-electron chi connectivity index (χ1n) is 10.8. The number of pyridine rings is 2. The molecule has 2 bridgehead atoms. The van der Waals surface area contributed by atoms with E-state index in [2.05, 4.69) is 10.3 Å². The molecule has 0 aromatic carbocycles. The van der Waals surface area contributed by atoms with Crippen LogP contribution in [-0.2, 0) is 4.79 Å². The number of nitrogens with zero attached hydrogens (tertiary/aromatic N) is 3. The topological polar surface area (TPSA) is 84.3 Å². The summed E-state index contributed by atoms with van der Waals surface area (Å²) in [6, 6.07) is 8.78. The van der Waals surface area contributed by atoms with Gasteiger partial charge in [0.15, 0.2) is 0 Å². The predicted molar refractivity (Wildman–Crippen MR) is 111 cm³/mol. The first-order chi connectivity index (χ1) is 14.6. The van der Waals surface area contributed by atoms with Crippen molar-refractivity contribution in [1.29, 1.82) is 0 Å². The summed E-state index contributed by atoms with van der Waals surface area (Å²) in [5.41, 5.74) is 1.51. The number of nitrogens with one attached hydrogen (secondary N) is 1. The minimum Gasteiger partial charge on any atom is -0.354 e. The summed E-state index contributed by atoms with van der Waals surface area (Å²) in [5, 5.41) is 3.09. The van der Waals surface area contributed by atoms with Crippen molar-refractivity contribution >= 4 is 11.8 Å². The summed E-state index contributed by atoms with van der Waals surface area (Å²) in [6.45, 7) is 1.60. The Hall–Kier alpha value is -2.96. The van der Waals surface area contributed by atoms with E-state index in [1.807, 2.05) is 15.5 Å². The van der Waals surface area contributed by atoms with Crippen molar-refractivity contribution in [3.8, 4) is 0 Å². The quantitative estimate of drug-likeness (QED) is 0.841. The first kappa shape index (κ1) is 19.0. The van der Waals surface area contributed by atoms with Crippen LogP contribution in [0, 0.1) is 11.8 Å². The van der Waals surface area contributed by atoms with Gasteiger partial charge in [0.2, 0.25) is 5.91 Å². The number of aromatic nitrogens is 2. The maximum absolute atomic E-state index is 13.1. The maximum Gasteiger partial charge on any atom is 0.255 e. The Kier molecular flexibility index (Phi) is 4.89. The zero-order valence-corrected chi connectivity index (χ0v) is 16.9. The number of hydrogen-bond donors (Lipinski definition) is 1. The molecule has 2 aromatic heterocycles. The highest BCUT2D eigenvalue weighted by Gasteiger charge is 2.42. The summed E-state index contributed by atoms with van der Waals surface area (Å²) in [4.78, 5) is 44.2. The van der Waals surface area contributed by atoms with Crippen LogP contribution in [0.15, 0.2) is 47.5 Å². The number of fused-ring (bicyclic) bond motifs is 4. The molecule has 1 aliphatic carbocycles. The summed E-state index contributed by atoms with van der Waals surface area (Å²) < 4.78 is 1.87. The molecule has 0 spiro atoms. The molecule has 3 atom stereocenters. The maximum atomic E-state index is 13.1. The SMILES string of the molecule is O=C(NC[C@H]1[C@H]2C[C@H](CN(C(=O)c3cccnc3)C2)c2cccc(=O)n21)C1CCC1. The van der Waals surface area contributed by atoms with E-state index < -0.39 is 0 Å². The zero-order chi connectivity index (χ0) is 20.7. The van der Waals surface area contributed by atoms with Gasteiger partial charge in [0.25, 0.3) is 11.5 Å². The Balaban J connectivity index is 1.42. The van der Waals surface area contributed by atoms with Gasteiger partial charge in [0, 0.05) is 55.6 Å². The monoisotopic (exact) mass is 406 g/mol. The number of amides is 2. The smallest absolute Gasteiger partial charge is 0.255 e. The molecule has 0 unspecified atom stereocenters. The third-order valence-corrected chi connectivity index (χ3v) is 6.96.